The molecule has 148 valence electrons. The standard InChI is InChI=1S/C17H27FN4O2S.HI/c1-3-19-17(21-13-15-6-4-5-7-16(15)18)20-12-14-8-10-22(11-9-14)25(2,23)24;/h4-7,14H,3,8-13H2,1-2H3,(H2,19,20,21);1H. The second kappa shape index (κ2) is 11.0. The van der Waals surface area contributed by atoms with Gasteiger partial charge in [-0.3, -0.25) is 0 Å². The topological polar surface area (TPSA) is 73.8 Å². The van der Waals surface area contributed by atoms with Gasteiger partial charge in [-0.1, -0.05) is 18.2 Å². The Morgan fingerprint density at radius 3 is 2.50 bits per heavy atom. The van der Waals surface area contributed by atoms with E-state index in [4.69, 9.17) is 0 Å². The van der Waals surface area contributed by atoms with E-state index in [0.717, 1.165) is 25.9 Å². The predicted octanol–water partition coefficient (Wildman–Crippen LogP) is 2.17. The van der Waals surface area contributed by atoms with Gasteiger partial charge in [-0.2, -0.15) is 0 Å². The Morgan fingerprint density at radius 1 is 1.27 bits per heavy atom. The number of hydrogen-bond donors (Lipinski definition) is 2. The Kier molecular flexibility index (Phi) is 9.80. The van der Waals surface area contributed by atoms with E-state index in [1.165, 1.54) is 16.6 Å². The first-order valence-electron chi connectivity index (χ1n) is 8.61. The first-order valence-corrected chi connectivity index (χ1v) is 10.5. The van der Waals surface area contributed by atoms with Crippen LogP contribution in [-0.2, 0) is 16.6 Å². The van der Waals surface area contributed by atoms with E-state index in [1.54, 1.807) is 18.2 Å². The number of nitrogens with one attached hydrogen (secondary N) is 2. The molecule has 0 saturated carbocycles. The van der Waals surface area contributed by atoms with Gasteiger partial charge in [0, 0.05) is 31.7 Å². The van der Waals surface area contributed by atoms with Crippen molar-refractivity contribution in [1.82, 2.24) is 14.9 Å². The molecule has 9 heteroatoms. The van der Waals surface area contributed by atoms with E-state index in [1.807, 2.05) is 6.92 Å². The molecule has 6 nitrogen and oxygen atoms in total. The summed E-state index contributed by atoms with van der Waals surface area (Å²) in [6, 6.07) is 6.61. The number of piperidine rings is 1. The van der Waals surface area contributed by atoms with Crippen molar-refractivity contribution in [2.75, 3.05) is 32.4 Å². The highest BCUT2D eigenvalue weighted by atomic mass is 127. The van der Waals surface area contributed by atoms with E-state index >= 15 is 0 Å². The summed E-state index contributed by atoms with van der Waals surface area (Å²) >= 11 is 0. The molecular weight excluding hydrogens is 470 g/mol. The third-order valence-electron chi connectivity index (χ3n) is 4.31. The number of nitrogens with zero attached hydrogens (tertiary/aromatic N) is 2. The molecule has 1 saturated heterocycles. The van der Waals surface area contributed by atoms with Gasteiger partial charge in [-0.15, -0.1) is 24.0 Å². The minimum atomic E-state index is -3.09. The van der Waals surface area contributed by atoms with Crippen LogP contribution >= 0.6 is 24.0 Å². The van der Waals surface area contributed by atoms with Crippen LogP contribution in [0.25, 0.3) is 0 Å². The van der Waals surface area contributed by atoms with E-state index in [2.05, 4.69) is 15.6 Å². The van der Waals surface area contributed by atoms with Crippen LogP contribution in [0, 0.1) is 11.7 Å². The van der Waals surface area contributed by atoms with E-state index in [9.17, 15) is 12.8 Å². The molecule has 1 aliphatic rings. The largest absolute Gasteiger partial charge is 0.357 e. The predicted molar refractivity (Wildman–Crippen MR) is 114 cm³/mol. The molecule has 0 aromatic heterocycles. The zero-order valence-corrected chi connectivity index (χ0v) is 18.4. The summed E-state index contributed by atoms with van der Waals surface area (Å²) in [5.74, 6) is 0.793. The molecule has 2 N–H and O–H groups in total. The lowest BCUT2D eigenvalue weighted by molar-refractivity contribution is 0.275. The first kappa shape index (κ1) is 23.1. The lowest BCUT2D eigenvalue weighted by Gasteiger charge is -2.30. The summed E-state index contributed by atoms with van der Waals surface area (Å²) in [6.07, 6.45) is 2.91. The third-order valence-corrected chi connectivity index (χ3v) is 5.61. The molecule has 0 unspecified atom stereocenters. The average Bonchev–Trinajstić information content (AvgIpc) is 2.58. The van der Waals surface area contributed by atoms with Crippen molar-refractivity contribution in [1.29, 1.82) is 0 Å². The summed E-state index contributed by atoms with van der Waals surface area (Å²) in [4.78, 5) is 4.43. The molecule has 1 aromatic carbocycles. The van der Waals surface area contributed by atoms with Crippen LogP contribution in [-0.4, -0.2) is 51.1 Å². The van der Waals surface area contributed by atoms with Crippen LogP contribution in [0.4, 0.5) is 4.39 Å². The summed E-state index contributed by atoms with van der Waals surface area (Å²) < 4.78 is 38.3. The quantitative estimate of drug-likeness (QED) is 0.358. The highest BCUT2D eigenvalue weighted by Crippen LogP contribution is 2.18. The van der Waals surface area contributed by atoms with Crippen molar-refractivity contribution < 1.29 is 12.8 Å². The van der Waals surface area contributed by atoms with Gasteiger partial charge in [0.05, 0.1) is 12.8 Å². The minimum Gasteiger partial charge on any atom is -0.357 e. The van der Waals surface area contributed by atoms with Gasteiger partial charge >= 0.3 is 0 Å². The molecule has 0 aliphatic carbocycles. The smallest absolute Gasteiger partial charge is 0.211 e. The Bertz CT molecular complexity index is 692. The molecule has 2 rings (SSSR count). The molecule has 0 radical (unpaired) electrons. The van der Waals surface area contributed by atoms with Gasteiger partial charge in [0.1, 0.15) is 5.82 Å². The SMILES string of the molecule is CCNC(=NCc1ccccc1F)NCC1CCN(S(C)(=O)=O)CC1.I. The van der Waals surface area contributed by atoms with Gasteiger partial charge in [-0.25, -0.2) is 22.1 Å². The number of sulfonamides is 1. The number of rotatable bonds is 6. The number of hydrogen-bond acceptors (Lipinski definition) is 3. The fourth-order valence-corrected chi connectivity index (χ4v) is 3.69. The molecule has 1 fully saturated rings. The molecule has 26 heavy (non-hydrogen) atoms. The van der Waals surface area contributed by atoms with Gasteiger partial charge in [-0.05, 0) is 31.7 Å². The fourth-order valence-electron chi connectivity index (χ4n) is 2.82. The van der Waals surface area contributed by atoms with Crippen molar-refractivity contribution in [3.05, 3.63) is 35.6 Å². The number of aliphatic imine (C=N–C) groups is 1. The van der Waals surface area contributed by atoms with E-state index in [0.29, 0.717) is 30.5 Å². The zero-order chi connectivity index (χ0) is 18.3. The Balaban J connectivity index is 0.00000338. The number of benzene rings is 1. The fraction of sp³-hybridized carbons (Fsp3) is 0.588. The number of guanidine groups is 1. The normalized spacial score (nSPS) is 16.8. The summed E-state index contributed by atoms with van der Waals surface area (Å²) in [6.45, 7) is 4.82. The highest BCUT2D eigenvalue weighted by molar-refractivity contribution is 14.0. The Morgan fingerprint density at radius 2 is 1.92 bits per heavy atom. The maximum Gasteiger partial charge on any atom is 0.211 e. The second-order valence-electron chi connectivity index (χ2n) is 6.27. The van der Waals surface area contributed by atoms with Crippen molar-refractivity contribution in [2.24, 2.45) is 10.9 Å². The first-order chi connectivity index (χ1) is 11.9. The lowest BCUT2D eigenvalue weighted by Crippen LogP contribution is -2.44. The Labute approximate surface area is 172 Å². The minimum absolute atomic E-state index is 0. The molecule has 0 bridgehead atoms. The molecule has 0 spiro atoms. The molecule has 1 aliphatic heterocycles. The van der Waals surface area contributed by atoms with Gasteiger partial charge in [0.15, 0.2) is 5.96 Å². The monoisotopic (exact) mass is 498 g/mol. The summed E-state index contributed by atoms with van der Waals surface area (Å²) in [7, 11) is -3.09. The average molecular weight is 498 g/mol. The molecule has 1 heterocycles. The molecule has 0 amide bonds. The van der Waals surface area contributed by atoms with Crippen molar-refractivity contribution in [3.8, 4) is 0 Å². The van der Waals surface area contributed by atoms with Crippen molar-refractivity contribution >= 4 is 40.0 Å². The van der Waals surface area contributed by atoms with Crippen LogP contribution in [0.3, 0.4) is 0 Å². The number of halogens is 2. The second-order valence-corrected chi connectivity index (χ2v) is 8.26. The van der Waals surface area contributed by atoms with E-state index in [-0.39, 0.29) is 36.3 Å². The van der Waals surface area contributed by atoms with Gasteiger partial charge in [0.25, 0.3) is 0 Å². The molecular formula is C17H28FIN4O2S. The lowest BCUT2D eigenvalue weighted by atomic mass is 9.98. The Hall–Kier alpha value is -0.940. The maximum atomic E-state index is 13.7. The van der Waals surface area contributed by atoms with Gasteiger partial charge in [0.2, 0.25) is 10.0 Å². The van der Waals surface area contributed by atoms with E-state index < -0.39 is 10.0 Å². The van der Waals surface area contributed by atoms with Gasteiger partial charge < -0.3 is 10.6 Å². The maximum absolute atomic E-state index is 13.7. The van der Waals surface area contributed by atoms with Crippen LogP contribution in [0.1, 0.15) is 25.3 Å². The van der Waals surface area contributed by atoms with Crippen molar-refractivity contribution in [3.63, 3.8) is 0 Å². The molecule has 1 aromatic rings. The van der Waals surface area contributed by atoms with Crippen LogP contribution in [0.5, 0.6) is 0 Å². The van der Waals surface area contributed by atoms with Crippen LogP contribution < -0.4 is 10.6 Å². The highest BCUT2D eigenvalue weighted by Gasteiger charge is 2.24. The van der Waals surface area contributed by atoms with Crippen LogP contribution in [0.2, 0.25) is 0 Å². The zero-order valence-electron chi connectivity index (χ0n) is 15.2. The summed E-state index contributed by atoms with van der Waals surface area (Å²) in [5, 5.41) is 6.44. The van der Waals surface area contributed by atoms with Crippen molar-refractivity contribution in [2.45, 2.75) is 26.3 Å². The van der Waals surface area contributed by atoms with Crippen LogP contribution in [0.15, 0.2) is 29.3 Å². The third kappa shape index (κ3) is 7.36. The summed E-state index contributed by atoms with van der Waals surface area (Å²) in [5.41, 5.74) is 0.557. The molecule has 0 atom stereocenters.